The van der Waals surface area contributed by atoms with E-state index in [2.05, 4.69) is 20.9 Å². The molecular formula is C13H14BrN3O2. The normalized spacial score (nSPS) is 10.4. The van der Waals surface area contributed by atoms with Crippen molar-refractivity contribution in [2.24, 2.45) is 0 Å². The summed E-state index contributed by atoms with van der Waals surface area (Å²) in [5.74, 6) is 0.515. The lowest BCUT2D eigenvalue weighted by Crippen LogP contribution is -2.21. The Morgan fingerprint density at radius 3 is 3.00 bits per heavy atom. The van der Waals surface area contributed by atoms with Gasteiger partial charge in [0.2, 0.25) is 0 Å². The van der Waals surface area contributed by atoms with Gasteiger partial charge in [-0.25, -0.2) is 4.98 Å². The summed E-state index contributed by atoms with van der Waals surface area (Å²) in [5.41, 5.74) is 6.00. The smallest absolute Gasteiger partial charge is 0.313 e. The number of nitrogens with two attached hydrogens (primary N) is 1. The largest absolute Gasteiger partial charge is 0.433 e. The van der Waals surface area contributed by atoms with E-state index in [1.54, 1.807) is 35.2 Å². The molecule has 0 spiro atoms. The van der Waals surface area contributed by atoms with Crippen LogP contribution in [0.15, 0.2) is 39.9 Å². The van der Waals surface area contributed by atoms with Gasteiger partial charge in [-0.3, -0.25) is 4.79 Å². The number of anilines is 1. The minimum atomic E-state index is -0.251. The van der Waals surface area contributed by atoms with Crippen LogP contribution in [0.1, 0.15) is 13.3 Å². The molecule has 100 valence electrons. The monoisotopic (exact) mass is 323 g/mol. The van der Waals surface area contributed by atoms with Crippen LogP contribution in [0.25, 0.3) is 0 Å². The summed E-state index contributed by atoms with van der Waals surface area (Å²) < 4.78 is 7.82. The van der Waals surface area contributed by atoms with E-state index in [0.717, 1.165) is 6.42 Å². The molecule has 0 unspecified atom stereocenters. The first kappa shape index (κ1) is 13.6. The second kappa shape index (κ2) is 5.88. The molecule has 1 aromatic carbocycles. The number of halogens is 1. The molecule has 19 heavy (non-hydrogen) atoms. The lowest BCUT2D eigenvalue weighted by molar-refractivity contribution is 0.441. The average molecular weight is 324 g/mol. The number of ether oxygens (including phenoxy) is 1. The van der Waals surface area contributed by atoms with Gasteiger partial charge in [0, 0.05) is 30.7 Å². The molecule has 0 aliphatic rings. The van der Waals surface area contributed by atoms with E-state index in [1.807, 2.05) is 6.92 Å². The van der Waals surface area contributed by atoms with E-state index in [-0.39, 0.29) is 11.4 Å². The molecule has 0 aliphatic heterocycles. The molecule has 0 saturated heterocycles. The standard InChI is InChI=1S/C13H14BrN3O2/c1-2-6-17-7-5-16-12(13(17)18)19-11-8-9(15)3-4-10(11)14/h3-5,7-8H,2,6,15H2,1H3. The van der Waals surface area contributed by atoms with E-state index < -0.39 is 0 Å². The summed E-state index contributed by atoms with van der Waals surface area (Å²) in [6.07, 6.45) is 4.06. The lowest BCUT2D eigenvalue weighted by Gasteiger charge is -2.09. The third-order valence-electron chi connectivity index (χ3n) is 2.51. The van der Waals surface area contributed by atoms with Gasteiger partial charge in [0.15, 0.2) is 0 Å². The van der Waals surface area contributed by atoms with E-state index in [9.17, 15) is 4.79 Å². The number of nitrogens with zero attached hydrogens (tertiary/aromatic N) is 2. The summed E-state index contributed by atoms with van der Waals surface area (Å²) in [6.45, 7) is 2.64. The number of hydrogen-bond donors (Lipinski definition) is 1. The van der Waals surface area contributed by atoms with Crippen LogP contribution in [-0.4, -0.2) is 9.55 Å². The maximum Gasteiger partial charge on any atom is 0.313 e. The highest BCUT2D eigenvalue weighted by molar-refractivity contribution is 9.10. The van der Waals surface area contributed by atoms with Crippen molar-refractivity contribution in [3.63, 3.8) is 0 Å². The van der Waals surface area contributed by atoms with E-state index >= 15 is 0 Å². The predicted octanol–water partition coefficient (Wildman–Crippen LogP) is 2.79. The molecule has 1 aromatic heterocycles. The first-order valence-electron chi connectivity index (χ1n) is 5.90. The Hall–Kier alpha value is -1.82. The zero-order valence-electron chi connectivity index (χ0n) is 10.5. The fourth-order valence-electron chi connectivity index (χ4n) is 1.62. The molecule has 2 N–H and O–H groups in total. The molecule has 1 heterocycles. The molecule has 2 rings (SSSR count). The van der Waals surface area contributed by atoms with Crippen molar-refractivity contribution in [2.75, 3.05) is 5.73 Å². The number of rotatable bonds is 4. The Bertz CT molecular complexity index is 640. The molecule has 6 heteroatoms. The van der Waals surface area contributed by atoms with Crippen LogP contribution in [0.5, 0.6) is 11.6 Å². The maximum absolute atomic E-state index is 12.1. The Labute approximate surface area is 119 Å². The van der Waals surface area contributed by atoms with Gasteiger partial charge in [-0.2, -0.15) is 0 Å². The molecule has 0 fully saturated rings. The lowest BCUT2D eigenvalue weighted by atomic mass is 10.3. The fraction of sp³-hybridized carbons (Fsp3) is 0.231. The number of benzene rings is 1. The zero-order chi connectivity index (χ0) is 13.8. The van der Waals surface area contributed by atoms with Crippen LogP contribution in [0.4, 0.5) is 5.69 Å². The van der Waals surface area contributed by atoms with Crippen LogP contribution in [0.3, 0.4) is 0 Å². The molecule has 0 radical (unpaired) electrons. The van der Waals surface area contributed by atoms with Gasteiger partial charge in [0.1, 0.15) is 5.75 Å². The summed E-state index contributed by atoms with van der Waals surface area (Å²) in [6, 6.07) is 5.14. The molecule has 2 aromatic rings. The summed E-state index contributed by atoms with van der Waals surface area (Å²) in [5, 5.41) is 0. The third kappa shape index (κ3) is 3.14. The molecule has 0 amide bonds. The Balaban J connectivity index is 2.36. The van der Waals surface area contributed by atoms with Crippen molar-refractivity contribution in [3.05, 3.63) is 45.4 Å². The number of nitrogen functional groups attached to an aromatic ring is 1. The van der Waals surface area contributed by atoms with E-state index in [4.69, 9.17) is 10.5 Å². The van der Waals surface area contributed by atoms with Gasteiger partial charge >= 0.3 is 5.56 Å². The van der Waals surface area contributed by atoms with Gasteiger partial charge in [-0.15, -0.1) is 0 Å². The van der Waals surface area contributed by atoms with Gasteiger partial charge in [0.25, 0.3) is 5.88 Å². The molecule has 0 aliphatic carbocycles. The fourth-order valence-corrected chi connectivity index (χ4v) is 1.94. The molecule has 5 nitrogen and oxygen atoms in total. The van der Waals surface area contributed by atoms with Gasteiger partial charge in [0.05, 0.1) is 4.47 Å². The number of aromatic nitrogens is 2. The van der Waals surface area contributed by atoms with Crippen LogP contribution < -0.4 is 16.0 Å². The number of aryl methyl sites for hydroxylation is 1. The van der Waals surface area contributed by atoms with Crippen molar-refractivity contribution in [3.8, 4) is 11.6 Å². The first-order chi connectivity index (χ1) is 9.11. The summed E-state index contributed by atoms with van der Waals surface area (Å²) in [4.78, 5) is 16.1. The van der Waals surface area contributed by atoms with Crippen molar-refractivity contribution < 1.29 is 4.74 Å². The molecule has 0 atom stereocenters. The van der Waals surface area contributed by atoms with Crippen LogP contribution in [0, 0.1) is 0 Å². The van der Waals surface area contributed by atoms with E-state index in [1.165, 1.54) is 0 Å². The summed E-state index contributed by atoms with van der Waals surface area (Å²) in [7, 11) is 0. The Morgan fingerprint density at radius 2 is 2.26 bits per heavy atom. The molecule has 0 bridgehead atoms. The quantitative estimate of drug-likeness (QED) is 0.878. The zero-order valence-corrected chi connectivity index (χ0v) is 12.1. The predicted molar refractivity (Wildman–Crippen MR) is 77.4 cm³/mol. The first-order valence-corrected chi connectivity index (χ1v) is 6.69. The Morgan fingerprint density at radius 1 is 1.47 bits per heavy atom. The second-order valence-electron chi connectivity index (χ2n) is 4.02. The highest BCUT2D eigenvalue weighted by Crippen LogP contribution is 2.29. The van der Waals surface area contributed by atoms with Crippen molar-refractivity contribution in [1.29, 1.82) is 0 Å². The minimum Gasteiger partial charge on any atom is -0.433 e. The van der Waals surface area contributed by atoms with Gasteiger partial charge in [-0.1, -0.05) is 6.92 Å². The van der Waals surface area contributed by atoms with E-state index in [0.29, 0.717) is 22.5 Å². The minimum absolute atomic E-state index is 0.0438. The van der Waals surface area contributed by atoms with Crippen LogP contribution in [0.2, 0.25) is 0 Å². The molecule has 0 saturated carbocycles. The van der Waals surface area contributed by atoms with Crippen LogP contribution >= 0.6 is 15.9 Å². The third-order valence-corrected chi connectivity index (χ3v) is 3.16. The Kier molecular flexibility index (Phi) is 4.21. The SMILES string of the molecule is CCCn1ccnc(Oc2cc(N)ccc2Br)c1=O. The van der Waals surface area contributed by atoms with Crippen molar-refractivity contribution >= 4 is 21.6 Å². The second-order valence-corrected chi connectivity index (χ2v) is 4.88. The average Bonchev–Trinajstić information content (AvgIpc) is 2.39. The highest BCUT2D eigenvalue weighted by atomic mass is 79.9. The van der Waals surface area contributed by atoms with Crippen molar-refractivity contribution in [2.45, 2.75) is 19.9 Å². The van der Waals surface area contributed by atoms with Crippen LogP contribution in [-0.2, 0) is 6.54 Å². The highest BCUT2D eigenvalue weighted by Gasteiger charge is 2.09. The summed E-state index contributed by atoms with van der Waals surface area (Å²) >= 11 is 3.34. The topological polar surface area (TPSA) is 70.1 Å². The molecular weight excluding hydrogens is 310 g/mol. The van der Waals surface area contributed by atoms with Gasteiger partial charge < -0.3 is 15.0 Å². The maximum atomic E-state index is 12.1. The number of hydrogen-bond acceptors (Lipinski definition) is 4. The van der Waals surface area contributed by atoms with Crippen molar-refractivity contribution in [1.82, 2.24) is 9.55 Å². The van der Waals surface area contributed by atoms with Gasteiger partial charge in [-0.05, 0) is 34.5 Å².